The van der Waals surface area contributed by atoms with Gasteiger partial charge in [0.2, 0.25) is 0 Å². The molecule has 1 unspecified atom stereocenters. The van der Waals surface area contributed by atoms with Crippen molar-refractivity contribution < 1.29 is 9.18 Å². The summed E-state index contributed by atoms with van der Waals surface area (Å²) in [6, 6.07) is 3.63. The molecule has 0 fully saturated rings. The molecule has 1 heterocycles. The smallest absolute Gasteiger partial charge is 0.250 e. The summed E-state index contributed by atoms with van der Waals surface area (Å²) >= 11 is 0. The fourth-order valence-electron chi connectivity index (χ4n) is 4.39. The Morgan fingerprint density at radius 1 is 1.31 bits per heavy atom. The number of hydrogen-bond donors (Lipinski definition) is 2. The van der Waals surface area contributed by atoms with Gasteiger partial charge in [-0.05, 0) is 88.0 Å². The highest BCUT2D eigenvalue weighted by molar-refractivity contribution is 5.94. The van der Waals surface area contributed by atoms with E-state index in [1.54, 1.807) is 6.07 Å². The predicted molar refractivity (Wildman–Crippen MR) is 118 cm³/mol. The molecule has 5 nitrogen and oxygen atoms in total. The molecule has 2 rings (SSSR count). The van der Waals surface area contributed by atoms with E-state index in [-0.39, 0.29) is 17.1 Å². The molecular formula is C23H35FN4O. The molecule has 1 amide bonds. The van der Waals surface area contributed by atoms with Crippen molar-refractivity contribution in [3.63, 3.8) is 0 Å². The van der Waals surface area contributed by atoms with Crippen LogP contribution in [0.2, 0.25) is 0 Å². The van der Waals surface area contributed by atoms with Crippen LogP contribution in [0, 0.1) is 19.7 Å². The number of amides is 1. The Labute approximate surface area is 174 Å². The number of halogens is 1. The molecule has 0 saturated carbocycles. The topological polar surface area (TPSA) is 56.7 Å². The van der Waals surface area contributed by atoms with E-state index < -0.39 is 0 Å². The molecule has 1 aliphatic rings. The third-order valence-electron chi connectivity index (χ3n) is 5.90. The second-order valence-corrected chi connectivity index (χ2v) is 8.34. The third-order valence-corrected chi connectivity index (χ3v) is 5.90. The van der Waals surface area contributed by atoms with Gasteiger partial charge >= 0.3 is 0 Å². The van der Waals surface area contributed by atoms with Crippen LogP contribution in [0.15, 0.2) is 28.5 Å². The Balaban J connectivity index is 2.18. The molecule has 0 aliphatic carbocycles. The van der Waals surface area contributed by atoms with E-state index in [1.165, 1.54) is 0 Å². The lowest BCUT2D eigenvalue weighted by molar-refractivity contribution is -0.118. The minimum Gasteiger partial charge on any atom is -0.359 e. The first-order valence-corrected chi connectivity index (χ1v) is 10.3. The first-order chi connectivity index (χ1) is 13.7. The molecular weight excluding hydrogens is 367 g/mol. The monoisotopic (exact) mass is 402 g/mol. The van der Waals surface area contributed by atoms with Crippen LogP contribution >= 0.6 is 0 Å². The number of carbonyl (C=O) groups is 1. The SMILES string of the molecule is C=NC1=C(C(=O)NCCC(C)(CCNC)c2c(C)cc(C)cc2F)CCCN1C. The Bertz CT molecular complexity index is 766. The number of hydrogen-bond acceptors (Lipinski definition) is 4. The highest BCUT2D eigenvalue weighted by Gasteiger charge is 2.31. The summed E-state index contributed by atoms with van der Waals surface area (Å²) < 4.78 is 14.9. The van der Waals surface area contributed by atoms with Crippen LogP contribution < -0.4 is 10.6 Å². The van der Waals surface area contributed by atoms with Crippen LogP contribution in [0.1, 0.15) is 49.3 Å². The van der Waals surface area contributed by atoms with E-state index in [9.17, 15) is 9.18 Å². The lowest BCUT2D eigenvalue weighted by atomic mass is 9.74. The standard InChI is InChI=1S/C23H35FN4O/c1-16-14-17(2)20(19(24)15-16)23(3,9-11-25-4)10-12-27-22(29)18-8-7-13-28(6)21(18)26-5/h14-15,25H,5,7-13H2,1-4,6H3,(H,27,29). The Morgan fingerprint density at radius 2 is 2.00 bits per heavy atom. The summed E-state index contributed by atoms with van der Waals surface area (Å²) in [6.07, 6.45) is 3.06. The summed E-state index contributed by atoms with van der Waals surface area (Å²) in [5.74, 6) is 0.394. The average molecular weight is 403 g/mol. The average Bonchev–Trinajstić information content (AvgIpc) is 2.65. The van der Waals surface area contributed by atoms with Gasteiger partial charge in [0.1, 0.15) is 11.6 Å². The maximum Gasteiger partial charge on any atom is 0.250 e. The Kier molecular flexibility index (Phi) is 7.96. The second kappa shape index (κ2) is 10.0. The van der Waals surface area contributed by atoms with Crippen LogP contribution in [0.3, 0.4) is 0 Å². The van der Waals surface area contributed by atoms with E-state index >= 15 is 0 Å². The summed E-state index contributed by atoms with van der Waals surface area (Å²) in [7, 11) is 3.82. The quantitative estimate of drug-likeness (QED) is 0.622. The van der Waals surface area contributed by atoms with Gasteiger partial charge in [0.05, 0.1) is 5.57 Å². The van der Waals surface area contributed by atoms with Crippen LogP contribution in [-0.2, 0) is 10.2 Å². The third kappa shape index (κ3) is 5.44. The molecule has 1 atom stereocenters. The largest absolute Gasteiger partial charge is 0.359 e. The second-order valence-electron chi connectivity index (χ2n) is 8.34. The zero-order chi connectivity index (χ0) is 21.6. The van der Waals surface area contributed by atoms with Gasteiger partial charge < -0.3 is 15.5 Å². The van der Waals surface area contributed by atoms with E-state index in [0.717, 1.165) is 42.6 Å². The fraction of sp³-hybridized carbons (Fsp3) is 0.565. The molecule has 1 aromatic carbocycles. The lowest BCUT2D eigenvalue weighted by Gasteiger charge is -2.33. The number of benzene rings is 1. The highest BCUT2D eigenvalue weighted by atomic mass is 19.1. The minimum atomic E-state index is -0.380. The molecule has 1 aliphatic heterocycles. The first kappa shape index (κ1) is 23.1. The molecule has 6 heteroatoms. The molecule has 2 N–H and O–H groups in total. The van der Waals surface area contributed by atoms with Gasteiger partial charge in [-0.15, -0.1) is 0 Å². The molecule has 0 radical (unpaired) electrons. The number of nitrogens with one attached hydrogen (secondary N) is 2. The minimum absolute atomic E-state index is 0.101. The predicted octanol–water partition coefficient (Wildman–Crippen LogP) is 3.45. The van der Waals surface area contributed by atoms with E-state index in [1.807, 2.05) is 38.9 Å². The molecule has 0 saturated heterocycles. The van der Waals surface area contributed by atoms with Crippen molar-refractivity contribution in [2.45, 2.75) is 51.9 Å². The van der Waals surface area contributed by atoms with E-state index in [2.05, 4.69) is 29.3 Å². The normalized spacial score (nSPS) is 16.6. The number of carbonyl (C=O) groups excluding carboxylic acids is 1. The highest BCUT2D eigenvalue weighted by Crippen LogP contribution is 2.35. The fourth-order valence-corrected chi connectivity index (χ4v) is 4.39. The Hall–Kier alpha value is -2.21. The van der Waals surface area contributed by atoms with Crippen molar-refractivity contribution >= 4 is 12.6 Å². The van der Waals surface area contributed by atoms with Crippen molar-refractivity contribution in [2.75, 3.05) is 33.7 Å². The molecule has 160 valence electrons. The van der Waals surface area contributed by atoms with E-state index in [4.69, 9.17) is 0 Å². The number of rotatable bonds is 9. The van der Waals surface area contributed by atoms with Crippen molar-refractivity contribution in [2.24, 2.45) is 4.99 Å². The summed E-state index contributed by atoms with van der Waals surface area (Å²) in [4.78, 5) is 18.8. The molecule has 0 aromatic heterocycles. The van der Waals surface area contributed by atoms with Crippen molar-refractivity contribution in [1.29, 1.82) is 0 Å². The van der Waals surface area contributed by atoms with Gasteiger partial charge in [-0.2, -0.15) is 0 Å². The van der Waals surface area contributed by atoms with Crippen LogP contribution in [-0.4, -0.2) is 51.3 Å². The van der Waals surface area contributed by atoms with Crippen LogP contribution in [0.5, 0.6) is 0 Å². The maximum atomic E-state index is 14.9. The van der Waals surface area contributed by atoms with E-state index in [0.29, 0.717) is 30.8 Å². The van der Waals surface area contributed by atoms with Crippen molar-refractivity contribution in [1.82, 2.24) is 15.5 Å². The van der Waals surface area contributed by atoms with Gasteiger partial charge in [-0.25, -0.2) is 9.38 Å². The van der Waals surface area contributed by atoms with Crippen molar-refractivity contribution in [3.8, 4) is 0 Å². The Morgan fingerprint density at radius 3 is 2.62 bits per heavy atom. The maximum absolute atomic E-state index is 14.9. The van der Waals surface area contributed by atoms with Crippen LogP contribution in [0.4, 0.5) is 4.39 Å². The van der Waals surface area contributed by atoms with Gasteiger partial charge in [0.15, 0.2) is 0 Å². The first-order valence-electron chi connectivity index (χ1n) is 10.3. The van der Waals surface area contributed by atoms with Crippen molar-refractivity contribution in [3.05, 3.63) is 46.0 Å². The number of aryl methyl sites for hydroxylation is 2. The lowest BCUT2D eigenvalue weighted by Crippen LogP contribution is -2.37. The summed E-state index contributed by atoms with van der Waals surface area (Å²) in [5, 5.41) is 6.21. The van der Waals surface area contributed by atoms with Crippen LogP contribution in [0.25, 0.3) is 0 Å². The molecule has 1 aromatic rings. The zero-order valence-corrected chi connectivity index (χ0v) is 18.5. The molecule has 29 heavy (non-hydrogen) atoms. The summed E-state index contributed by atoms with van der Waals surface area (Å²) in [6.45, 7) is 11.7. The van der Waals surface area contributed by atoms with Gasteiger partial charge in [0, 0.05) is 20.1 Å². The van der Waals surface area contributed by atoms with Gasteiger partial charge in [-0.1, -0.05) is 13.0 Å². The number of aliphatic imine (C=N–C) groups is 1. The summed E-state index contributed by atoms with van der Waals surface area (Å²) in [5.41, 5.74) is 2.93. The van der Waals surface area contributed by atoms with Gasteiger partial charge in [0.25, 0.3) is 5.91 Å². The number of nitrogens with zero attached hydrogens (tertiary/aromatic N) is 2. The zero-order valence-electron chi connectivity index (χ0n) is 18.5. The molecule has 0 bridgehead atoms. The van der Waals surface area contributed by atoms with Gasteiger partial charge in [-0.3, -0.25) is 4.79 Å². The molecule has 0 spiro atoms.